The van der Waals surface area contributed by atoms with Gasteiger partial charge in [-0.3, -0.25) is 9.79 Å². The van der Waals surface area contributed by atoms with Crippen molar-refractivity contribution in [1.82, 2.24) is 16.0 Å². The molecule has 0 spiro atoms. The monoisotopic (exact) mass is 528 g/mol. The Morgan fingerprint density at radius 3 is 2.10 bits per heavy atom. The van der Waals surface area contributed by atoms with E-state index in [0.717, 1.165) is 17.1 Å². The van der Waals surface area contributed by atoms with Crippen LogP contribution in [0.25, 0.3) is 0 Å². The number of carbonyl (C=O) groups excluding carboxylic acids is 1. The lowest BCUT2D eigenvalue weighted by molar-refractivity contribution is 0.0954. The van der Waals surface area contributed by atoms with Crippen molar-refractivity contribution >= 4 is 35.8 Å². The Morgan fingerprint density at radius 2 is 1.50 bits per heavy atom. The fraction of sp³-hybridized carbons (Fsp3) is 0.333. The van der Waals surface area contributed by atoms with Crippen LogP contribution in [0.5, 0.6) is 17.2 Å². The third kappa shape index (κ3) is 7.62. The molecule has 2 aromatic carbocycles. The summed E-state index contributed by atoms with van der Waals surface area (Å²) in [6, 6.07) is 12.6. The lowest BCUT2D eigenvalue weighted by Gasteiger charge is -2.14. The molecule has 0 aliphatic heterocycles. The Kier molecular flexibility index (Phi) is 11.4. The number of amides is 1. The van der Waals surface area contributed by atoms with Crippen molar-refractivity contribution in [3.05, 3.63) is 53.6 Å². The van der Waals surface area contributed by atoms with Crippen molar-refractivity contribution < 1.29 is 19.0 Å². The Hall–Kier alpha value is -2.69. The summed E-state index contributed by atoms with van der Waals surface area (Å²) in [5.41, 5.74) is 1.56. The van der Waals surface area contributed by atoms with E-state index in [1.807, 2.05) is 18.2 Å². The molecule has 0 heterocycles. The molecule has 2 rings (SSSR count). The molecule has 0 saturated heterocycles. The van der Waals surface area contributed by atoms with E-state index in [1.54, 1.807) is 52.6 Å². The minimum atomic E-state index is -0.139. The Labute approximate surface area is 194 Å². The zero-order valence-corrected chi connectivity index (χ0v) is 20.0. The number of nitrogens with one attached hydrogen (secondary N) is 3. The topological polar surface area (TPSA) is 93.2 Å². The van der Waals surface area contributed by atoms with Crippen molar-refractivity contribution in [1.29, 1.82) is 0 Å². The Bertz CT molecular complexity index is 828. The molecule has 0 radical (unpaired) electrons. The third-order valence-corrected chi connectivity index (χ3v) is 4.22. The van der Waals surface area contributed by atoms with Crippen LogP contribution in [0.15, 0.2) is 47.5 Å². The largest absolute Gasteiger partial charge is 0.497 e. The van der Waals surface area contributed by atoms with Crippen LogP contribution in [0.1, 0.15) is 15.9 Å². The average molecular weight is 528 g/mol. The van der Waals surface area contributed by atoms with Crippen LogP contribution in [-0.2, 0) is 6.54 Å². The molecule has 3 N–H and O–H groups in total. The molecule has 2 aromatic rings. The molecule has 0 unspecified atom stereocenters. The van der Waals surface area contributed by atoms with Gasteiger partial charge in [0.2, 0.25) is 0 Å². The normalized spacial score (nSPS) is 10.5. The number of carbonyl (C=O) groups is 1. The molecule has 0 fully saturated rings. The first-order valence-corrected chi connectivity index (χ1v) is 9.19. The van der Waals surface area contributed by atoms with Gasteiger partial charge in [0.25, 0.3) is 5.91 Å². The molecule has 164 valence electrons. The molecule has 1 amide bonds. The van der Waals surface area contributed by atoms with E-state index in [9.17, 15) is 4.79 Å². The fourth-order valence-electron chi connectivity index (χ4n) is 2.60. The molecular weight excluding hydrogens is 499 g/mol. The Morgan fingerprint density at radius 1 is 0.867 bits per heavy atom. The highest BCUT2D eigenvalue weighted by atomic mass is 127. The summed E-state index contributed by atoms with van der Waals surface area (Å²) >= 11 is 0. The van der Waals surface area contributed by atoms with Gasteiger partial charge in [-0.15, -0.1) is 24.0 Å². The molecule has 0 saturated carbocycles. The number of rotatable bonds is 9. The zero-order valence-electron chi connectivity index (χ0n) is 17.7. The van der Waals surface area contributed by atoms with Crippen LogP contribution < -0.4 is 30.2 Å². The number of hydrogen-bond acceptors (Lipinski definition) is 5. The second-order valence-electron chi connectivity index (χ2n) is 6.01. The van der Waals surface area contributed by atoms with E-state index in [2.05, 4.69) is 20.9 Å². The summed E-state index contributed by atoms with van der Waals surface area (Å²) < 4.78 is 15.7. The van der Waals surface area contributed by atoms with E-state index >= 15 is 0 Å². The summed E-state index contributed by atoms with van der Waals surface area (Å²) in [6.07, 6.45) is 0. The summed E-state index contributed by atoms with van der Waals surface area (Å²) in [6.45, 7) is 1.52. The lowest BCUT2D eigenvalue weighted by atomic mass is 10.2. The van der Waals surface area contributed by atoms with E-state index in [0.29, 0.717) is 36.9 Å². The van der Waals surface area contributed by atoms with Gasteiger partial charge in [-0.2, -0.15) is 0 Å². The van der Waals surface area contributed by atoms with Gasteiger partial charge < -0.3 is 30.2 Å². The number of guanidine groups is 1. The molecule has 8 nitrogen and oxygen atoms in total. The van der Waals surface area contributed by atoms with E-state index < -0.39 is 0 Å². The van der Waals surface area contributed by atoms with Crippen LogP contribution in [0, 0.1) is 0 Å². The standard InChI is InChI=1S/C21H28N4O4.HI/c1-22-21(25-14-16-7-10-18(28-3)13-19(16)29-4)24-12-11-23-20(26)15-5-8-17(27-2)9-6-15;/h5-10,13H,11-12,14H2,1-4H3,(H,23,26)(H2,22,24,25);1H. The van der Waals surface area contributed by atoms with Crippen molar-refractivity contribution in [3.8, 4) is 17.2 Å². The highest BCUT2D eigenvalue weighted by molar-refractivity contribution is 14.0. The predicted molar refractivity (Wildman–Crippen MR) is 128 cm³/mol. The summed E-state index contributed by atoms with van der Waals surface area (Å²) in [4.78, 5) is 16.3. The molecule has 0 aromatic heterocycles. The van der Waals surface area contributed by atoms with Crippen LogP contribution in [0.2, 0.25) is 0 Å². The Balaban J connectivity index is 0.00000450. The third-order valence-electron chi connectivity index (χ3n) is 4.22. The minimum absolute atomic E-state index is 0. The second-order valence-corrected chi connectivity index (χ2v) is 6.01. The van der Waals surface area contributed by atoms with Crippen LogP contribution in [0.3, 0.4) is 0 Å². The highest BCUT2D eigenvalue weighted by Gasteiger charge is 2.07. The SMILES string of the molecule is CN=C(NCCNC(=O)c1ccc(OC)cc1)NCc1ccc(OC)cc1OC.I. The molecule has 0 bridgehead atoms. The van der Waals surface area contributed by atoms with Gasteiger partial charge >= 0.3 is 0 Å². The number of benzene rings is 2. The average Bonchev–Trinajstić information content (AvgIpc) is 2.78. The number of halogens is 1. The summed E-state index contributed by atoms with van der Waals surface area (Å²) in [5.74, 6) is 2.67. The van der Waals surface area contributed by atoms with E-state index in [1.165, 1.54) is 0 Å². The number of aliphatic imine (C=N–C) groups is 1. The van der Waals surface area contributed by atoms with Gasteiger partial charge in [0.1, 0.15) is 17.2 Å². The smallest absolute Gasteiger partial charge is 0.251 e. The number of methoxy groups -OCH3 is 3. The molecule has 30 heavy (non-hydrogen) atoms. The van der Waals surface area contributed by atoms with Crippen molar-refractivity contribution in [2.45, 2.75) is 6.54 Å². The van der Waals surface area contributed by atoms with E-state index in [4.69, 9.17) is 14.2 Å². The van der Waals surface area contributed by atoms with Crippen LogP contribution >= 0.6 is 24.0 Å². The van der Waals surface area contributed by atoms with Gasteiger partial charge in [-0.25, -0.2) is 0 Å². The van der Waals surface area contributed by atoms with Crippen molar-refractivity contribution in [2.75, 3.05) is 41.5 Å². The molecule has 0 aliphatic rings. The molecule has 9 heteroatoms. The number of ether oxygens (including phenoxy) is 3. The van der Waals surface area contributed by atoms with Crippen molar-refractivity contribution in [3.63, 3.8) is 0 Å². The van der Waals surface area contributed by atoms with Gasteiger partial charge in [0.15, 0.2) is 5.96 Å². The van der Waals surface area contributed by atoms with Gasteiger partial charge in [0.05, 0.1) is 21.3 Å². The molecule has 0 aliphatic carbocycles. The van der Waals surface area contributed by atoms with Crippen molar-refractivity contribution in [2.24, 2.45) is 4.99 Å². The summed E-state index contributed by atoms with van der Waals surface area (Å²) in [5, 5.41) is 9.25. The zero-order chi connectivity index (χ0) is 21.1. The first kappa shape index (κ1) is 25.3. The van der Waals surface area contributed by atoms with Crippen LogP contribution in [0.4, 0.5) is 0 Å². The summed E-state index contributed by atoms with van der Waals surface area (Å²) in [7, 11) is 6.52. The quantitative estimate of drug-likeness (QED) is 0.201. The maximum absolute atomic E-state index is 12.1. The van der Waals surface area contributed by atoms with Gasteiger partial charge in [0, 0.05) is 43.9 Å². The second kappa shape index (κ2) is 13.5. The first-order chi connectivity index (χ1) is 14.1. The maximum atomic E-state index is 12.1. The predicted octanol–water partition coefficient (Wildman–Crippen LogP) is 2.43. The maximum Gasteiger partial charge on any atom is 0.251 e. The number of hydrogen-bond donors (Lipinski definition) is 3. The molecule has 0 atom stereocenters. The lowest BCUT2D eigenvalue weighted by Crippen LogP contribution is -2.41. The van der Waals surface area contributed by atoms with Gasteiger partial charge in [-0.1, -0.05) is 0 Å². The minimum Gasteiger partial charge on any atom is -0.497 e. The highest BCUT2D eigenvalue weighted by Crippen LogP contribution is 2.24. The molecular formula is C21H29IN4O4. The van der Waals surface area contributed by atoms with E-state index in [-0.39, 0.29) is 29.9 Å². The van der Waals surface area contributed by atoms with Crippen LogP contribution in [-0.4, -0.2) is 53.3 Å². The first-order valence-electron chi connectivity index (χ1n) is 9.19. The van der Waals surface area contributed by atoms with Gasteiger partial charge in [-0.05, 0) is 36.4 Å². The number of nitrogens with zero attached hydrogens (tertiary/aromatic N) is 1. The fourth-order valence-corrected chi connectivity index (χ4v) is 2.60.